The van der Waals surface area contributed by atoms with Crippen molar-refractivity contribution in [1.29, 1.82) is 0 Å². The molecule has 1 aromatic carbocycles. The highest BCUT2D eigenvalue weighted by Gasteiger charge is 2.16. The molecule has 5 nitrogen and oxygen atoms in total. The number of para-hydroxylation sites is 2. The van der Waals surface area contributed by atoms with Crippen LogP contribution in [0.2, 0.25) is 0 Å². The predicted octanol–water partition coefficient (Wildman–Crippen LogP) is 1.15. The molecule has 1 rings (SSSR count). The number of hydrogen-bond donors (Lipinski definition) is 2. The van der Waals surface area contributed by atoms with Gasteiger partial charge in [-0.3, -0.25) is 9.59 Å². The van der Waals surface area contributed by atoms with Gasteiger partial charge < -0.3 is 15.8 Å². The lowest BCUT2D eigenvalue weighted by Crippen LogP contribution is -2.25. The van der Waals surface area contributed by atoms with Crippen LogP contribution in [-0.2, 0) is 9.59 Å². The number of anilines is 1. The first kappa shape index (κ1) is 13.0. The van der Waals surface area contributed by atoms with Crippen LogP contribution < -0.4 is 15.8 Å². The van der Waals surface area contributed by atoms with Crippen LogP contribution in [0.4, 0.5) is 5.69 Å². The number of carbonyl (C=O) groups is 2. The molecule has 17 heavy (non-hydrogen) atoms. The molecule has 0 fully saturated rings. The Morgan fingerprint density at radius 2 is 2.06 bits per heavy atom. The third kappa shape index (κ3) is 3.79. The third-order valence-corrected chi connectivity index (χ3v) is 2.32. The first-order valence-corrected chi connectivity index (χ1v) is 5.26. The second-order valence-electron chi connectivity index (χ2n) is 3.76. The summed E-state index contributed by atoms with van der Waals surface area (Å²) in [4.78, 5) is 22.4. The fourth-order valence-corrected chi connectivity index (χ4v) is 1.40. The van der Waals surface area contributed by atoms with Crippen LogP contribution in [0.3, 0.4) is 0 Å². The van der Waals surface area contributed by atoms with Crippen molar-refractivity contribution in [3.63, 3.8) is 0 Å². The van der Waals surface area contributed by atoms with E-state index in [9.17, 15) is 9.59 Å². The minimum absolute atomic E-state index is 0.0288. The number of hydrogen-bond acceptors (Lipinski definition) is 3. The normalized spacial score (nSPS) is 11.6. The van der Waals surface area contributed by atoms with Gasteiger partial charge in [-0.15, -0.1) is 0 Å². The molecule has 2 amide bonds. The van der Waals surface area contributed by atoms with E-state index in [4.69, 9.17) is 10.5 Å². The monoisotopic (exact) mass is 236 g/mol. The highest BCUT2D eigenvalue weighted by molar-refractivity contribution is 5.95. The van der Waals surface area contributed by atoms with E-state index >= 15 is 0 Å². The van der Waals surface area contributed by atoms with Crippen molar-refractivity contribution in [2.75, 3.05) is 12.4 Å². The zero-order valence-electron chi connectivity index (χ0n) is 9.90. The summed E-state index contributed by atoms with van der Waals surface area (Å²) in [6.45, 7) is 1.65. The van der Waals surface area contributed by atoms with Gasteiger partial charge in [0.25, 0.3) is 0 Å². The Labute approximate surface area is 99.9 Å². The van der Waals surface area contributed by atoms with Gasteiger partial charge in [0.05, 0.1) is 12.8 Å². The topological polar surface area (TPSA) is 81.4 Å². The summed E-state index contributed by atoms with van der Waals surface area (Å²) in [5, 5.41) is 2.69. The number of nitrogens with two attached hydrogens (primary N) is 1. The van der Waals surface area contributed by atoms with Crippen LogP contribution in [0.5, 0.6) is 5.75 Å². The van der Waals surface area contributed by atoms with Crippen molar-refractivity contribution >= 4 is 17.5 Å². The number of amides is 2. The Morgan fingerprint density at radius 1 is 1.41 bits per heavy atom. The van der Waals surface area contributed by atoms with Gasteiger partial charge in [-0.05, 0) is 12.1 Å². The van der Waals surface area contributed by atoms with Crippen LogP contribution in [0.1, 0.15) is 13.3 Å². The van der Waals surface area contributed by atoms with Gasteiger partial charge in [0.2, 0.25) is 11.8 Å². The summed E-state index contributed by atoms with van der Waals surface area (Å²) in [5.74, 6) is -0.634. The van der Waals surface area contributed by atoms with E-state index in [1.807, 2.05) is 0 Å². The molecule has 5 heteroatoms. The molecule has 0 aliphatic rings. The van der Waals surface area contributed by atoms with E-state index < -0.39 is 11.8 Å². The summed E-state index contributed by atoms with van der Waals surface area (Å²) >= 11 is 0. The SMILES string of the molecule is COc1ccccc1NC(=O)C(C)CC(N)=O. The molecule has 0 aromatic heterocycles. The number of methoxy groups -OCH3 is 1. The van der Waals surface area contributed by atoms with E-state index in [0.29, 0.717) is 11.4 Å². The van der Waals surface area contributed by atoms with Crippen molar-refractivity contribution in [2.45, 2.75) is 13.3 Å². The van der Waals surface area contributed by atoms with E-state index in [1.54, 1.807) is 31.2 Å². The fourth-order valence-electron chi connectivity index (χ4n) is 1.40. The van der Waals surface area contributed by atoms with Crippen LogP contribution in [0, 0.1) is 5.92 Å². The summed E-state index contributed by atoms with van der Waals surface area (Å²) in [6, 6.07) is 7.07. The highest BCUT2D eigenvalue weighted by Crippen LogP contribution is 2.23. The maximum Gasteiger partial charge on any atom is 0.227 e. The largest absolute Gasteiger partial charge is 0.495 e. The van der Waals surface area contributed by atoms with Crippen molar-refractivity contribution in [1.82, 2.24) is 0 Å². The van der Waals surface area contributed by atoms with Crippen molar-refractivity contribution in [2.24, 2.45) is 11.7 Å². The van der Waals surface area contributed by atoms with Crippen molar-refractivity contribution in [3.8, 4) is 5.75 Å². The molecule has 0 spiro atoms. The molecule has 0 aliphatic heterocycles. The lowest BCUT2D eigenvalue weighted by atomic mass is 10.1. The number of primary amides is 1. The molecule has 0 aliphatic carbocycles. The first-order chi connectivity index (χ1) is 8.04. The van der Waals surface area contributed by atoms with Crippen LogP contribution in [-0.4, -0.2) is 18.9 Å². The van der Waals surface area contributed by atoms with Crippen LogP contribution in [0.15, 0.2) is 24.3 Å². The molecular formula is C12H16N2O3. The van der Waals surface area contributed by atoms with Gasteiger partial charge in [-0.1, -0.05) is 19.1 Å². The minimum Gasteiger partial charge on any atom is -0.495 e. The average molecular weight is 236 g/mol. The molecule has 0 saturated heterocycles. The third-order valence-electron chi connectivity index (χ3n) is 2.32. The number of nitrogens with one attached hydrogen (secondary N) is 1. The fraction of sp³-hybridized carbons (Fsp3) is 0.333. The standard InChI is InChI=1S/C12H16N2O3/c1-8(7-11(13)15)12(16)14-9-5-3-4-6-10(9)17-2/h3-6,8H,7H2,1-2H3,(H2,13,15)(H,14,16). The summed E-state index contributed by atoms with van der Waals surface area (Å²) in [5.41, 5.74) is 5.62. The number of benzene rings is 1. The minimum atomic E-state index is -0.493. The van der Waals surface area contributed by atoms with E-state index in [2.05, 4.69) is 5.32 Å². The Balaban J connectivity index is 2.70. The molecule has 1 aromatic rings. The van der Waals surface area contributed by atoms with E-state index in [1.165, 1.54) is 7.11 Å². The molecule has 92 valence electrons. The van der Waals surface area contributed by atoms with Gasteiger partial charge >= 0.3 is 0 Å². The van der Waals surface area contributed by atoms with Gasteiger partial charge in [0, 0.05) is 12.3 Å². The van der Waals surface area contributed by atoms with Crippen LogP contribution >= 0.6 is 0 Å². The predicted molar refractivity (Wildman–Crippen MR) is 64.6 cm³/mol. The Kier molecular flexibility index (Phi) is 4.51. The molecule has 1 atom stereocenters. The molecular weight excluding hydrogens is 220 g/mol. The molecule has 0 radical (unpaired) electrons. The number of carbonyl (C=O) groups excluding carboxylic acids is 2. The first-order valence-electron chi connectivity index (χ1n) is 5.26. The number of rotatable bonds is 5. The smallest absolute Gasteiger partial charge is 0.227 e. The van der Waals surface area contributed by atoms with Crippen LogP contribution in [0.25, 0.3) is 0 Å². The Bertz CT molecular complexity index is 418. The zero-order valence-corrected chi connectivity index (χ0v) is 9.90. The molecule has 0 bridgehead atoms. The molecule has 3 N–H and O–H groups in total. The quantitative estimate of drug-likeness (QED) is 0.804. The highest BCUT2D eigenvalue weighted by atomic mass is 16.5. The Morgan fingerprint density at radius 3 is 2.65 bits per heavy atom. The molecule has 0 heterocycles. The second-order valence-corrected chi connectivity index (χ2v) is 3.76. The van der Waals surface area contributed by atoms with Gasteiger partial charge in [-0.25, -0.2) is 0 Å². The van der Waals surface area contributed by atoms with Gasteiger partial charge in [-0.2, -0.15) is 0 Å². The molecule has 0 saturated carbocycles. The Hall–Kier alpha value is -2.04. The second kappa shape index (κ2) is 5.89. The summed E-state index contributed by atoms with van der Waals surface area (Å²) in [7, 11) is 1.53. The lowest BCUT2D eigenvalue weighted by Gasteiger charge is -2.13. The summed E-state index contributed by atoms with van der Waals surface area (Å²) < 4.78 is 5.10. The maximum absolute atomic E-state index is 11.7. The van der Waals surface area contributed by atoms with E-state index in [0.717, 1.165) is 0 Å². The van der Waals surface area contributed by atoms with Crippen molar-refractivity contribution < 1.29 is 14.3 Å². The lowest BCUT2D eigenvalue weighted by molar-refractivity contribution is -0.125. The van der Waals surface area contributed by atoms with Crippen molar-refractivity contribution in [3.05, 3.63) is 24.3 Å². The summed E-state index contributed by atoms with van der Waals surface area (Å²) in [6.07, 6.45) is 0.0288. The number of ether oxygens (including phenoxy) is 1. The zero-order chi connectivity index (χ0) is 12.8. The average Bonchev–Trinajstić information content (AvgIpc) is 2.28. The van der Waals surface area contributed by atoms with E-state index in [-0.39, 0.29) is 12.3 Å². The van der Waals surface area contributed by atoms with Gasteiger partial charge in [0.15, 0.2) is 0 Å². The van der Waals surface area contributed by atoms with Gasteiger partial charge in [0.1, 0.15) is 5.75 Å². The maximum atomic E-state index is 11.7. The molecule has 1 unspecified atom stereocenters.